The number of benzene rings is 1. The monoisotopic (exact) mass is 437 g/mol. The molecule has 0 radical (unpaired) electrons. The molecule has 0 atom stereocenters. The highest BCUT2D eigenvalue weighted by atomic mass is 16.5. The Kier molecular flexibility index (Phi) is 5.41. The highest BCUT2D eigenvalue weighted by Crippen LogP contribution is 2.28. The van der Waals surface area contributed by atoms with Gasteiger partial charge in [0.2, 0.25) is 5.78 Å². The Morgan fingerprint density at radius 3 is 2.50 bits per heavy atom. The maximum Gasteiger partial charge on any atom is 0.332 e. The predicted octanol–water partition coefficient (Wildman–Crippen LogP) is 2.29. The van der Waals surface area contributed by atoms with Crippen LogP contribution < -0.4 is 20.7 Å². The number of hydrogen-bond acceptors (Lipinski definition) is 5. The molecule has 0 fully saturated rings. The van der Waals surface area contributed by atoms with E-state index in [1.807, 2.05) is 35.9 Å². The first kappa shape index (κ1) is 21.5. The molecule has 4 rings (SSSR count). The SMILES string of the molecule is C=C(C)Cn1c(=O)c2c(nc3n(CCc4ccc(OC)c(OC)c4)c(C)cn23)n(C)c1=O. The number of imidazole rings is 2. The van der Waals surface area contributed by atoms with Crippen molar-refractivity contribution < 1.29 is 9.47 Å². The van der Waals surface area contributed by atoms with Crippen molar-refractivity contribution in [1.29, 1.82) is 0 Å². The molecule has 0 bridgehead atoms. The van der Waals surface area contributed by atoms with Crippen LogP contribution in [-0.4, -0.2) is 37.3 Å². The van der Waals surface area contributed by atoms with E-state index < -0.39 is 5.69 Å². The minimum absolute atomic E-state index is 0.174. The number of methoxy groups -OCH3 is 2. The molecular formula is C23H27N5O4. The van der Waals surface area contributed by atoms with Crippen molar-refractivity contribution in [2.45, 2.75) is 33.4 Å². The zero-order valence-electron chi connectivity index (χ0n) is 19.0. The molecule has 4 aromatic rings. The maximum atomic E-state index is 13.2. The molecular weight excluding hydrogens is 410 g/mol. The van der Waals surface area contributed by atoms with E-state index in [0.29, 0.717) is 35.0 Å². The summed E-state index contributed by atoms with van der Waals surface area (Å²) in [5.41, 5.74) is 2.77. The second kappa shape index (κ2) is 8.07. The van der Waals surface area contributed by atoms with Crippen LogP contribution in [0.4, 0.5) is 0 Å². The first-order chi connectivity index (χ1) is 15.3. The lowest BCUT2D eigenvalue weighted by atomic mass is 10.1. The molecule has 0 amide bonds. The summed E-state index contributed by atoms with van der Waals surface area (Å²) in [6.45, 7) is 8.42. The number of aryl methyl sites for hydroxylation is 4. The zero-order chi connectivity index (χ0) is 23.2. The zero-order valence-corrected chi connectivity index (χ0v) is 19.0. The fourth-order valence-corrected chi connectivity index (χ4v) is 4.02. The summed E-state index contributed by atoms with van der Waals surface area (Å²) >= 11 is 0. The van der Waals surface area contributed by atoms with E-state index in [1.165, 1.54) is 9.13 Å². The number of hydrogen-bond donors (Lipinski definition) is 0. The van der Waals surface area contributed by atoms with Crippen LogP contribution in [0.2, 0.25) is 0 Å². The van der Waals surface area contributed by atoms with Gasteiger partial charge in [-0.1, -0.05) is 18.2 Å². The van der Waals surface area contributed by atoms with Crippen LogP contribution in [0, 0.1) is 6.92 Å². The molecule has 0 aliphatic heterocycles. The molecule has 0 unspecified atom stereocenters. The summed E-state index contributed by atoms with van der Waals surface area (Å²) in [5, 5.41) is 0. The van der Waals surface area contributed by atoms with Crippen LogP contribution in [-0.2, 0) is 26.6 Å². The van der Waals surface area contributed by atoms with Crippen LogP contribution in [0.15, 0.2) is 46.1 Å². The van der Waals surface area contributed by atoms with Gasteiger partial charge in [0.05, 0.1) is 20.8 Å². The topological polar surface area (TPSA) is 84.7 Å². The van der Waals surface area contributed by atoms with E-state index in [1.54, 1.807) is 32.6 Å². The van der Waals surface area contributed by atoms with Crippen molar-refractivity contribution in [1.82, 2.24) is 23.1 Å². The lowest BCUT2D eigenvalue weighted by Crippen LogP contribution is -2.39. The molecule has 168 valence electrons. The standard InChI is InChI=1S/C23H27N5O4/c1-14(2)12-28-21(29)19-20(25(4)23(28)30)24-22-26(15(3)13-27(19)22)10-9-16-7-8-17(31-5)18(11-16)32-6/h7-8,11,13H,1,9-10,12H2,2-6H3. The summed E-state index contributed by atoms with van der Waals surface area (Å²) in [5.74, 6) is 1.99. The molecule has 0 N–H and O–H groups in total. The molecule has 0 aliphatic carbocycles. The van der Waals surface area contributed by atoms with Gasteiger partial charge in [-0.05, 0) is 38.0 Å². The fourth-order valence-electron chi connectivity index (χ4n) is 4.02. The van der Waals surface area contributed by atoms with Crippen molar-refractivity contribution in [3.05, 3.63) is 68.6 Å². The smallest absolute Gasteiger partial charge is 0.332 e. The summed E-state index contributed by atoms with van der Waals surface area (Å²) in [7, 11) is 4.85. The molecule has 0 aliphatic rings. The Morgan fingerprint density at radius 2 is 1.84 bits per heavy atom. The van der Waals surface area contributed by atoms with Crippen molar-refractivity contribution in [2.24, 2.45) is 7.05 Å². The van der Waals surface area contributed by atoms with Crippen LogP contribution >= 0.6 is 0 Å². The second-order valence-corrected chi connectivity index (χ2v) is 8.01. The summed E-state index contributed by atoms with van der Waals surface area (Å²) in [6.07, 6.45) is 2.61. The van der Waals surface area contributed by atoms with Gasteiger partial charge >= 0.3 is 5.69 Å². The molecule has 0 spiro atoms. The third-order valence-corrected chi connectivity index (χ3v) is 5.64. The quantitative estimate of drug-likeness (QED) is 0.414. The van der Waals surface area contributed by atoms with E-state index >= 15 is 0 Å². The van der Waals surface area contributed by atoms with Gasteiger partial charge in [0.1, 0.15) is 0 Å². The fraction of sp³-hybridized carbons (Fsp3) is 0.348. The molecule has 1 aromatic carbocycles. The number of allylic oxidation sites excluding steroid dienone is 1. The summed E-state index contributed by atoms with van der Waals surface area (Å²) in [4.78, 5) is 30.5. The predicted molar refractivity (Wildman–Crippen MR) is 123 cm³/mol. The van der Waals surface area contributed by atoms with E-state index in [0.717, 1.165) is 23.3 Å². The molecule has 9 heteroatoms. The van der Waals surface area contributed by atoms with Crippen molar-refractivity contribution in [3.8, 4) is 11.5 Å². The third-order valence-electron chi connectivity index (χ3n) is 5.64. The lowest BCUT2D eigenvalue weighted by Gasteiger charge is -2.10. The number of fused-ring (bicyclic) bond motifs is 3. The Morgan fingerprint density at radius 1 is 1.12 bits per heavy atom. The molecule has 3 heterocycles. The van der Waals surface area contributed by atoms with E-state index in [9.17, 15) is 9.59 Å². The van der Waals surface area contributed by atoms with Gasteiger partial charge in [-0.15, -0.1) is 0 Å². The van der Waals surface area contributed by atoms with Crippen LogP contribution in [0.25, 0.3) is 16.9 Å². The van der Waals surface area contributed by atoms with Gasteiger partial charge in [-0.25, -0.2) is 4.79 Å². The first-order valence-corrected chi connectivity index (χ1v) is 10.3. The van der Waals surface area contributed by atoms with Crippen LogP contribution in [0.5, 0.6) is 11.5 Å². The molecule has 9 nitrogen and oxygen atoms in total. The third kappa shape index (κ3) is 3.39. The molecule has 0 saturated heterocycles. The number of nitrogens with zero attached hydrogens (tertiary/aromatic N) is 5. The average Bonchev–Trinajstić information content (AvgIpc) is 3.28. The van der Waals surface area contributed by atoms with E-state index in [-0.39, 0.29) is 12.1 Å². The second-order valence-electron chi connectivity index (χ2n) is 8.01. The van der Waals surface area contributed by atoms with Crippen molar-refractivity contribution in [2.75, 3.05) is 14.2 Å². The molecule has 3 aromatic heterocycles. The van der Waals surface area contributed by atoms with Gasteiger partial charge in [-0.2, -0.15) is 4.98 Å². The highest BCUT2D eigenvalue weighted by Gasteiger charge is 2.20. The highest BCUT2D eigenvalue weighted by molar-refractivity contribution is 5.75. The van der Waals surface area contributed by atoms with Crippen molar-refractivity contribution in [3.63, 3.8) is 0 Å². The number of aromatic nitrogens is 5. The summed E-state index contributed by atoms with van der Waals surface area (Å²) in [6, 6.07) is 5.84. The van der Waals surface area contributed by atoms with Crippen LogP contribution in [0.1, 0.15) is 18.2 Å². The Balaban J connectivity index is 1.79. The largest absolute Gasteiger partial charge is 0.493 e. The van der Waals surface area contributed by atoms with Gasteiger partial charge < -0.3 is 14.0 Å². The minimum Gasteiger partial charge on any atom is -0.493 e. The van der Waals surface area contributed by atoms with Gasteiger partial charge in [0, 0.05) is 25.5 Å². The van der Waals surface area contributed by atoms with E-state index in [4.69, 9.17) is 9.47 Å². The van der Waals surface area contributed by atoms with E-state index in [2.05, 4.69) is 11.6 Å². The normalized spacial score (nSPS) is 11.4. The van der Waals surface area contributed by atoms with Crippen molar-refractivity contribution >= 4 is 16.9 Å². The lowest BCUT2D eigenvalue weighted by molar-refractivity contribution is 0.354. The first-order valence-electron chi connectivity index (χ1n) is 10.3. The average molecular weight is 438 g/mol. The Labute approximate surface area is 184 Å². The maximum absolute atomic E-state index is 13.2. The van der Waals surface area contributed by atoms with Crippen LogP contribution in [0.3, 0.4) is 0 Å². The Bertz CT molecular complexity index is 1470. The number of ether oxygens (including phenoxy) is 2. The minimum atomic E-state index is -0.403. The van der Waals surface area contributed by atoms with Gasteiger partial charge in [0.15, 0.2) is 22.7 Å². The van der Waals surface area contributed by atoms with Gasteiger partial charge in [0.25, 0.3) is 5.56 Å². The molecule has 0 saturated carbocycles. The summed E-state index contributed by atoms with van der Waals surface area (Å²) < 4.78 is 17.1. The molecule has 32 heavy (non-hydrogen) atoms. The van der Waals surface area contributed by atoms with Gasteiger partial charge in [-0.3, -0.25) is 18.3 Å². The Hall–Kier alpha value is -3.75. The number of rotatable bonds is 7.